The maximum atomic E-state index is 11.8. The number of hydrogen-bond donors (Lipinski definition) is 6. The number of nitrogens with one attached hydrogen (secondary N) is 3. The summed E-state index contributed by atoms with van der Waals surface area (Å²) < 4.78 is 37.1. The van der Waals surface area contributed by atoms with Gasteiger partial charge in [-0.1, -0.05) is 34.6 Å². The van der Waals surface area contributed by atoms with Crippen molar-refractivity contribution in [2.75, 3.05) is 39.3 Å². The predicted molar refractivity (Wildman–Crippen MR) is 182 cm³/mol. The Morgan fingerprint density at radius 3 is 2.20 bits per heavy atom. The minimum absolute atomic E-state index is 0.0133. The Morgan fingerprint density at radius 2 is 1.53 bits per heavy atom. The molecule has 10 heteroatoms. The lowest BCUT2D eigenvalue weighted by atomic mass is 9.43. The van der Waals surface area contributed by atoms with Crippen LogP contribution in [0, 0.1) is 52.3 Å². The lowest BCUT2D eigenvalue weighted by molar-refractivity contribution is -0.167. The second kappa shape index (κ2) is 16.4. The normalized spacial score (nSPS) is 38.0. The van der Waals surface area contributed by atoms with Crippen LogP contribution in [0.3, 0.4) is 0 Å². The Balaban J connectivity index is 1.27. The zero-order valence-corrected chi connectivity index (χ0v) is 29.9. The smallest absolute Gasteiger partial charge is 0.393 e. The molecule has 0 aromatic heterocycles. The summed E-state index contributed by atoms with van der Waals surface area (Å²) in [6, 6.07) is 0.565. The molecular formula is C35H68N4O5S. The van der Waals surface area contributed by atoms with Gasteiger partial charge in [0, 0.05) is 19.1 Å². The third-order valence-corrected chi connectivity index (χ3v) is 13.8. The fourth-order valence-electron chi connectivity index (χ4n) is 10.8. The van der Waals surface area contributed by atoms with Gasteiger partial charge in [0.15, 0.2) is 0 Å². The molecule has 5 unspecified atom stereocenters. The van der Waals surface area contributed by atoms with E-state index in [-0.39, 0.29) is 17.4 Å². The fourth-order valence-corrected chi connectivity index (χ4v) is 11.5. The minimum Gasteiger partial charge on any atom is -0.393 e. The second-order valence-corrected chi connectivity index (χ2v) is 17.4. The molecule has 11 atom stereocenters. The number of fused-ring (bicyclic) bond motifs is 5. The van der Waals surface area contributed by atoms with Crippen molar-refractivity contribution < 1.29 is 22.3 Å². The van der Waals surface area contributed by atoms with Crippen molar-refractivity contribution in [3.05, 3.63) is 0 Å². The third kappa shape index (κ3) is 9.22. The zero-order chi connectivity index (χ0) is 32.8. The van der Waals surface area contributed by atoms with Crippen molar-refractivity contribution in [1.82, 2.24) is 16.0 Å². The molecule has 7 N–H and O–H groups in total. The van der Waals surface area contributed by atoms with Crippen LogP contribution in [0.4, 0.5) is 0 Å². The number of hydrogen-bond acceptors (Lipinski definition) is 8. The van der Waals surface area contributed by atoms with E-state index >= 15 is 0 Å². The van der Waals surface area contributed by atoms with Gasteiger partial charge in [0.25, 0.3) is 0 Å². The van der Waals surface area contributed by atoms with E-state index in [1.165, 1.54) is 44.9 Å². The molecule has 0 spiro atoms. The van der Waals surface area contributed by atoms with Gasteiger partial charge in [0.05, 0.1) is 12.2 Å². The van der Waals surface area contributed by atoms with Crippen molar-refractivity contribution in [1.29, 1.82) is 0 Å². The minimum atomic E-state index is -4.46. The van der Waals surface area contributed by atoms with Gasteiger partial charge in [-0.25, -0.2) is 4.18 Å². The molecule has 4 rings (SSSR count). The number of rotatable bonds is 18. The quantitative estimate of drug-likeness (QED) is 0.0909. The highest BCUT2D eigenvalue weighted by Crippen LogP contribution is 2.68. The molecule has 0 aromatic rings. The van der Waals surface area contributed by atoms with Crippen LogP contribution in [-0.4, -0.2) is 75.6 Å². The maximum Gasteiger partial charge on any atom is 0.397 e. The van der Waals surface area contributed by atoms with Crippen LogP contribution in [-0.2, 0) is 14.6 Å². The first-order valence-corrected chi connectivity index (χ1v) is 19.8. The Hall–Kier alpha value is -0.330. The van der Waals surface area contributed by atoms with Crippen molar-refractivity contribution in [3.63, 3.8) is 0 Å². The fraction of sp³-hybridized carbons (Fsp3) is 1.00. The number of aliphatic hydroxyl groups excluding tert-OH is 1. The summed E-state index contributed by atoms with van der Waals surface area (Å²) in [5, 5.41) is 22.6. The van der Waals surface area contributed by atoms with Gasteiger partial charge in [-0.15, -0.1) is 0 Å². The van der Waals surface area contributed by atoms with E-state index in [2.05, 4.69) is 36.7 Å². The van der Waals surface area contributed by atoms with Crippen molar-refractivity contribution >= 4 is 10.4 Å². The summed E-state index contributed by atoms with van der Waals surface area (Å²) in [4.78, 5) is 0. The summed E-state index contributed by atoms with van der Waals surface area (Å²) >= 11 is 0. The van der Waals surface area contributed by atoms with Crippen LogP contribution in [0.1, 0.15) is 112 Å². The van der Waals surface area contributed by atoms with Gasteiger partial charge in [0.2, 0.25) is 0 Å². The van der Waals surface area contributed by atoms with E-state index in [0.717, 1.165) is 65.0 Å². The monoisotopic (exact) mass is 656 g/mol. The van der Waals surface area contributed by atoms with Crippen molar-refractivity contribution in [2.45, 2.75) is 130 Å². The highest BCUT2D eigenvalue weighted by atomic mass is 32.3. The molecule has 0 heterocycles. The first-order chi connectivity index (χ1) is 21.3. The highest BCUT2D eigenvalue weighted by molar-refractivity contribution is 7.80. The lowest BCUT2D eigenvalue weighted by Gasteiger charge is -2.62. The van der Waals surface area contributed by atoms with Crippen LogP contribution in [0.25, 0.3) is 0 Å². The highest BCUT2D eigenvalue weighted by Gasteiger charge is 2.62. The standard InChI is InChI=1S/C35H68N4O5S/c1-24(2)32(44-45(41,42)43)11-8-25(3)28-9-10-29-33-30(13-15-35(28,29)5)34(4)14-12-27(22-26(34)23-31(33)40)39-19-7-18-38-21-20-37-17-6-16-36/h24-33,37-40H,6-23,36H2,1-5H3,(H,41,42,43)/t25-,26-,27+,28?,29?,30?,31?,32-,33?,34+,35-/m1/s1. The van der Waals surface area contributed by atoms with Crippen molar-refractivity contribution in [3.8, 4) is 0 Å². The SMILES string of the molecule is CC(C)[C@@H](CC[C@@H](C)C1CCC2C3C(O)C[C@H]4C[C@@H](NCCCNCCNCCCN)CC[C@]4(C)C3CC[C@@]21C)OS(=O)(=O)O. The molecule has 9 nitrogen and oxygen atoms in total. The molecule has 4 aliphatic carbocycles. The first kappa shape index (κ1) is 37.5. The summed E-state index contributed by atoms with van der Waals surface area (Å²) in [6.45, 7) is 17.1. The van der Waals surface area contributed by atoms with E-state index in [1.54, 1.807) is 0 Å². The van der Waals surface area contributed by atoms with Crippen LogP contribution >= 0.6 is 0 Å². The second-order valence-electron chi connectivity index (χ2n) is 16.3. The van der Waals surface area contributed by atoms with E-state index < -0.39 is 16.5 Å². The molecule has 0 aliphatic heterocycles. The zero-order valence-electron chi connectivity index (χ0n) is 29.1. The van der Waals surface area contributed by atoms with Gasteiger partial charge in [-0.05, 0) is 155 Å². The summed E-state index contributed by atoms with van der Waals surface area (Å²) in [5.41, 5.74) is 6.08. The van der Waals surface area contributed by atoms with Crippen molar-refractivity contribution in [2.24, 2.45) is 58.0 Å². The molecule has 4 saturated carbocycles. The molecule has 264 valence electrons. The molecule has 4 fully saturated rings. The van der Waals surface area contributed by atoms with Crippen LogP contribution in [0.5, 0.6) is 0 Å². The number of nitrogens with two attached hydrogens (primary N) is 1. The maximum absolute atomic E-state index is 11.8. The largest absolute Gasteiger partial charge is 0.397 e. The molecule has 0 saturated heterocycles. The van der Waals surface area contributed by atoms with Gasteiger partial charge in [-0.3, -0.25) is 4.55 Å². The Kier molecular flexibility index (Phi) is 13.6. The summed E-state index contributed by atoms with van der Waals surface area (Å²) in [5.74, 6) is 3.19. The first-order valence-electron chi connectivity index (χ1n) is 18.5. The van der Waals surface area contributed by atoms with Gasteiger partial charge in [-0.2, -0.15) is 8.42 Å². The average molecular weight is 657 g/mol. The van der Waals surface area contributed by atoms with Crippen LogP contribution in [0.2, 0.25) is 0 Å². The Labute approximate surface area is 275 Å². The molecule has 0 amide bonds. The topological polar surface area (TPSA) is 146 Å². The van der Waals surface area contributed by atoms with Gasteiger partial charge < -0.3 is 26.8 Å². The van der Waals surface area contributed by atoms with E-state index in [1.807, 2.05) is 13.8 Å². The van der Waals surface area contributed by atoms with Gasteiger partial charge in [0.1, 0.15) is 0 Å². The average Bonchev–Trinajstić information content (AvgIpc) is 3.33. The molecule has 0 radical (unpaired) electrons. The molecular weight excluding hydrogens is 588 g/mol. The lowest BCUT2D eigenvalue weighted by Crippen LogP contribution is -2.59. The summed E-state index contributed by atoms with van der Waals surface area (Å²) in [7, 11) is -4.46. The molecule has 4 aliphatic rings. The van der Waals surface area contributed by atoms with E-state index in [0.29, 0.717) is 53.4 Å². The molecule has 0 aromatic carbocycles. The third-order valence-electron chi connectivity index (χ3n) is 13.3. The van der Waals surface area contributed by atoms with Crippen LogP contribution in [0.15, 0.2) is 0 Å². The molecule has 0 bridgehead atoms. The van der Waals surface area contributed by atoms with Gasteiger partial charge >= 0.3 is 10.4 Å². The molecule has 45 heavy (non-hydrogen) atoms. The van der Waals surface area contributed by atoms with E-state index in [4.69, 9.17) is 9.92 Å². The van der Waals surface area contributed by atoms with E-state index in [9.17, 15) is 18.1 Å². The Morgan fingerprint density at radius 1 is 0.867 bits per heavy atom. The number of aliphatic hydroxyl groups is 1. The summed E-state index contributed by atoms with van der Waals surface area (Å²) in [6.07, 6.45) is 12.5. The Bertz CT molecular complexity index is 1020. The van der Waals surface area contributed by atoms with Crippen LogP contribution < -0.4 is 21.7 Å². The predicted octanol–water partition coefficient (Wildman–Crippen LogP) is 4.75.